The number of aromatic nitrogens is 2. The molecule has 2 aromatic carbocycles. The second kappa shape index (κ2) is 8.64. The summed E-state index contributed by atoms with van der Waals surface area (Å²) in [4.78, 5) is 23.4. The summed E-state index contributed by atoms with van der Waals surface area (Å²) in [7, 11) is 0. The third-order valence-electron chi connectivity index (χ3n) is 4.19. The molecule has 0 atom stereocenters. The maximum absolute atomic E-state index is 12.6. The van der Waals surface area contributed by atoms with Crippen LogP contribution in [0.2, 0.25) is 5.02 Å². The maximum atomic E-state index is 12.6. The number of halogens is 1. The highest BCUT2D eigenvalue weighted by Crippen LogP contribution is 2.20. The van der Waals surface area contributed by atoms with Crippen LogP contribution in [-0.2, 0) is 6.54 Å². The molecule has 1 N–H and O–H groups in total. The zero-order valence-corrected chi connectivity index (χ0v) is 16.1. The largest absolute Gasteiger partial charge is 0.337 e. The van der Waals surface area contributed by atoms with Gasteiger partial charge in [0.25, 0.3) is 5.91 Å². The van der Waals surface area contributed by atoms with Gasteiger partial charge in [0.2, 0.25) is 5.95 Å². The van der Waals surface area contributed by atoms with E-state index >= 15 is 0 Å². The molecule has 138 valence electrons. The first-order valence-corrected chi connectivity index (χ1v) is 9.14. The summed E-state index contributed by atoms with van der Waals surface area (Å²) in [5, 5.41) is 3.44. The molecule has 1 aromatic heterocycles. The summed E-state index contributed by atoms with van der Waals surface area (Å²) < 4.78 is 0. The molecule has 0 unspecified atom stereocenters. The lowest BCUT2D eigenvalue weighted by Gasteiger charge is -2.21. The van der Waals surface area contributed by atoms with Gasteiger partial charge < -0.3 is 10.2 Å². The SMILES string of the molecule is CCN(Cc1ccccc1)c1nccc(C(=O)Nc2ccc(C)c(Cl)c2)n1. The lowest BCUT2D eigenvalue weighted by Crippen LogP contribution is -2.25. The molecule has 0 saturated heterocycles. The van der Waals surface area contributed by atoms with Gasteiger partial charge in [0.1, 0.15) is 5.69 Å². The number of rotatable bonds is 6. The Morgan fingerprint density at radius 1 is 1.15 bits per heavy atom. The van der Waals surface area contributed by atoms with Crippen LogP contribution in [0.1, 0.15) is 28.5 Å². The van der Waals surface area contributed by atoms with Crippen molar-refractivity contribution >= 4 is 29.1 Å². The molecule has 0 aliphatic carbocycles. The molecule has 27 heavy (non-hydrogen) atoms. The van der Waals surface area contributed by atoms with E-state index in [0.29, 0.717) is 28.9 Å². The lowest BCUT2D eigenvalue weighted by atomic mass is 10.2. The minimum absolute atomic E-state index is 0.297. The summed E-state index contributed by atoms with van der Waals surface area (Å²) in [5.41, 5.74) is 3.06. The number of carbonyl (C=O) groups is 1. The molecule has 6 heteroatoms. The average Bonchev–Trinajstić information content (AvgIpc) is 2.70. The van der Waals surface area contributed by atoms with Gasteiger partial charge in [-0.3, -0.25) is 4.79 Å². The maximum Gasteiger partial charge on any atom is 0.274 e. The van der Waals surface area contributed by atoms with Crippen molar-refractivity contribution in [3.8, 4) is 0 Å². The first-order valence-electron chi connectivity index (χ1n) is 8.76. The summed E-state index contributed by atoms with van der Waals surface area (Å²) in [6, 6.07) is 17.1. The minimum atomic E-state index is -0.297. The molecule has 0 bridgehead atoms. The predicted octanol–water partition coefficient (Wildman–Crippen LogP) is 4.72. The Bertz CT molecular complexity index is 930. The third kappa shape index (κ3) is 4.83. The summed E-state index contributed by atoms with van der Waals surface area (Å²) in [6.07, 6.45) is 1.60. The van der Waals surface area contributed by atoms with E-state index in [4.69, 9.17) is 11.6 Å². The van der Waals surface area contributed by atoms with Gasteiger partial charge in [0, 0.05) is 30.0 Å². The minimum Gasteiger partial charge on any atom is -0.337 e. The number of anilines is 2. The number of carbonyl (C=O) groups excluding carboxylic acids is 1. The van der Waals surface area contributed by atoms with Gasteiger partial charge >= 0.3 is 0 Å². The molecule has 1 heterocycles. The number of aryl methyl sites for hydroxylation is 1. The molecule has 3 rings (SSSR count). The average molecular weight is 381 g/mol. The summed E-state index contributed by atoms with van der Waals surface area (Å²) in [5.74, 6) is 0.227. The number of nitrogens with one attached hydrogen (secondary N) is 1. The van der Waals surface area contributed by atoms with E-state index in [2.05, 4.69) is 27.4 Å². The van der Waals surface area contributed by atoms with E-state index in [-0.39, 0.29) is 5.91 Å². The van der Waals surface area contributed by atoms with E-state index < -0.39 is 0 Å². The van der Waals surface area contributed by atoms with Crippen molar-refractivity contribution < 1.29 is 4.79 Å². The molecule has 0 fully saturated rings. The molecule has 0 radical (unpaired) electrons. The zero-order valence-electron chi connectivity index (χ0n) is 15.3. The van der Waals surface area contributed by atoms with E-state index in [9.17, 15) is 4.79 Å². The standard InChI is InChI=1S/C21H21ClN4O/c1-3-26(14-16-7-5-4-6-8-16)21-23-12-11-19(25-21)20(27)24-17-10-9-15(2)18(22)13-17/h4-13H,3,14H2,1-2H3,(H,24,27). The van der Waals surface area contributed by atoms with E-state index in [1.165, 1.54) is 0 Å². The highest BCUT2D eigenvalue weighted by atomic mass is 35.5. The van der Waals surface area contributed by atoms with E-state index in [0.717, 1.165) is 17.7 Å². The fourth-order valence-electron chi connectivity index (χ4n) is 2.62. The van der Waals surface area contributed by atoms with Gasteiger partial charge in [-0.2, -0.15) is 0 Å². The van der Waals surface area contributed by atoms with Crippen molar-refractivity contribution in [1.82, 2.24) is 9.97 Å². The van der Waals surface area contributed by atoms with Crippen LogP contribution in [0.5, 0.6) is 0 Å². The smallest absolute Gasteiger partial charge is 0.274 e. The van der Waals surface area contributed by atoms with Crippen LogP contribution >= 0.6 is 11.6 Å². The molecule has 0 spiro atoms. The fourth-order valence-corrected chi connectivity index (χ4v) is 2.80. The number of benzene rings is 2. The highest BCUT2D eigenvalue weighted by Gasteiger charge is 2.13. The third-order valence-corrected chi connectivity index (χ3v) is 4.59. The molecule has 5 nitrogen and oxygen atoms in total. The Labute approximate surface area is 164 Å². The van der Waals surface area contributed by atoms with E-state index in [1.54, 1.807) is 18.3 Å². The molecule has 0 saturated carbocycles. The molecule has 1 amide bonds. The Balaban J connectivity index is 1.77. The van der Waals surface area contributed by atoms with Gasteiger partial charge in [-0.15, -0.1) is 0 Å². The topological polar surface area (TPSA) is 58.1 Å². The van der Waals surface area contributed by atoms with Crippen LogP contribution in [0, 0.1) is 6.92 Å². The molecule has 0 aliphatic heterocycles. The normalized spacial score (nSPS) is 10.5. The van der Waals surface area contributed by atoms with Crippen LogP contribution in [0.25, 0.3) is 0 Å². The van der Waals surface area contributed by atoms with Crippen LogP contribution in [0.15, 0.2) is 60.8 Å². The van der Waals surface area contributed by atoms with E-state index in [1.807, 2.05) is 49.1 Å². The lowest BCUT2D eigenvalue weighted by molar-refractivity contribution is 0.102. The molecule has 3 aromatic rings. The second-order valence-corrected chi connectivity index (χ2v) is 6.57. The highest BCUT2D eigenvalue weighted by molar-refractivity contribution is 6.31. The van der Waals surface area contributed by atoms with Crippen LogP contribution in [-0.4, -0.2) is 22.4 Å². The van der Waals surface area contributed by atoms with Crippen molar-refractivity contribution in [2.45, 2.75) is 20.4 Å². The molecular formula is C21H21ClN4O. The van der Waals surface area contributed by atoms with Crippen molar-refractivity contribution in [3.05, 3.63) is 82.6 Å². The Hall–Kier alpha value is -2.92. The Morgan fingerprint density at radius 2 is 1.93 bits per heavy atom. The van der Waals surface area contributed by atoms with Gasteiger partial charge in [-0.1, -0.05) is 48.0 Å². The van der Waals surface area contributed by atoms with Crippen molar-refractivity contribution in [2.75, 3.05) is 16.8 Å². The van der Waals surface area contributed by atoms with Crippen molar-refractivity contribution in [1.29, 1.82) is 0 Å². The number of nitrogens with zero attached hydrogens (tertiary/aromatic N) is 3. The summed E-state index contributed by atoms with van der Waals surface area (Å²) >= 11 is 6.12. The quantitative estimate of drug-likeness (QED) is 0.672. The van der Waals surface area contributed by atoms with Gasteiger partial charge in [0.15, 0.2) is 0 Å². The monoisotopic (exact) mass is 380 g/mol. The molecule has 0 aliphatic rings. The second-order valence-electron chi connectivity index (χ2n) is 6.16. The van der Waals surface area contributed by atoms with Crippen LogP contribution < -0.4 is 10.2 Å². The Kier molecular flexibility index (Phi) is 6.04. The number of amides is 1. The van der Waals surface area contributed by atoms with Crippen molar-refractivity contribution in [3.63, 3.8) is 0 Å². The van der Waals surface area contributed by atoms with Crippen LogP contribution in [0.3, 0.4) is 0 Å². The summed E-state index contributed by atoms with van der Waals surface area (Å²) in [6.45, 7) is 5.35. The number of hydrogen-bond acceptors (Lipinski definition) is 4. The molecular weight excluding hydrogens is 360 g/mol. The van der Waals surface area contributed by atoms with Gasteiger partial charge in [0.05, 0.1) is 0 Å². The first kappa shape index (κ1) is 18.9. The van der Waals surface area contributed by atoms with Crippen LogP contribution in [0.4, 0.5) is 11.6 Å². The first-order chi connectivity index (χ1) is 13.1. The van der Waals surface area contributed by atoms with Gasteiger partial charge in [-0.05, 0) is 43.2 Å². The fraction of sp³-hybridized carbons (Fsp3) is 0.190. The Morgan fingerprint density at radius 3 is 2.63 bits per heavy atom. The van der Waals surface area contributed by atoms with Crippen molar-refractivity contribution in [2.24, 2.45) is 0 Å². The predicted molar refractivity (Wildman–Crippen MR) is 109 cm³/mol. The number of hydrogen-bond donors (Lipinski definition) is 1. The zero-order chi connectivity index (χ0) is 19.2. The van der Waals surface area contributed by atoms with Gasteiger partial charge in [-0.25, -0.2) is 9.97 Å².